The Balaban J connectivity index is 1.53. The van der Waals surface area contributed by atoms with Gasteiger partial charge in [-0.3, -0.25) is 19.0 Å². The maximum absolute atomic E-state index is 13.0. The van der Waals surface area contributed by atoms with Crippen LogP contribution in [-0.4, -0.2) is 47.5 Å². The zero-order valence-corrected chi connectivity index (χ0v) is 20.6. The van der Waals surface area contributed by atoms with Crippen molar-refractivity contribution in [3.63, 3.8) is 0 Å². The van der Waals surface area contributed by atoms with Gasteiger partial charge in [0, 0.05) is 0 Å². The van der Waals surface area contributed by atoms with Gasteiger partial charge in [0.1, 0.15) is 19.8 Å². The predicted molar refractivity (Wildman–Crippen MR) is 132 cm³/mol. The number of ether oxygens (including phenoxy) is 3. The molecule has 184 valence electrons. The molecule has 35 heavy (non-hydrogen) atoms. The summed E-state index contributed by atoms with van der Waals surface area (Å²) in [5.74, 6) is 0.678. The smallest absolute Gasteiger partial charge is 0.325 e. The standard InChI is InChI=1S/C25H27N3O6S/c1-15(2)23(16-8-9-19-20(12-16)34-11-10-33-19)27-21(29)14-35-25-26-18-7-5-4-6-17(18)24(31)28(25)13-22(30)32-3/h4-9,12,15,23H,10-11,13-14H2,1-3H3,(H,27,29). The highest BCUT2D eigenvalue weighted by Gasteiger charge is 2.22. The summed E-state index contributed by atoms with van der Waals surface area (Å²) in [5.41, 5.74) is 1.05. The third-order valence-corrected chi connectivity index (χ3v) is 6.56. The number of fused-ring (bicyclic) bond motifs is 2. The SMILES string of the molecule is COC(=O)Cn1c(SCC(=O)NC(c2ccc3c(c2)OCCO3)C(C)C)nc2ccccc2c1=O. The Kier molecular flexibility index (Phi) is 7.60. The Morgan fingerprint density at radius 3 is 2.63 bits per heavy atom. The van der Waals surface area contributed by atoms with E-state index < -0.39 is 5.97 Å². The van der Waals surface area contributed by atoms with Crippen molar-refractivity contribution in [1.29, 1.82) is 0 Å². The van der Waals surface area contributed by atoms with Gasteiger partial charge in [0.25, 0.3) is 5.56 Å². The Bertz CT molecular complexity index is 1310. The van der Waals surface area contributed by atoms with Gasteiger partial charge in [-0.1, -0.05) is 43.8 Å². The van der Waals surface area contributed by atoms with Gasteiger partial charge in [0.05, 0.1) is 29.8 Å². The lowest BCUT2D eigenvalue weighted by Gasteiger charge is -2.25. The summed E-state index contributed by atoms with van der Waals surface area (Å²) in [7, 11) is 1.26. The third-order valence-electron chi connectivity index (χ3n) is 5.58. The Hall–Kier alpha value is -3.53. The largest absolute Gasteiger partial charge is 0.486 e. The zero-order valence-electron chi connectivity index (χ0n) is 19.8. The van der Waals surface area contributed by atoms with E-state index in [1.54, 1.807) is 24.3 Å². The number of esters is 1. The molecule has 1 aliphatic heterocycles. The van der Waals surface area contributed by atoms with E-state index in [1.165, 1.54) is 11.7 Å². The molecule has 0 bridgehead atoms. The van der Waals surface area contributed by atoms with Crippen LogP contribution >= 0.6 is 11.8 Å². The predicted octanol–water partition coefficient (Wildman–Crippen LogP) is 2.95. The summed E-state index contributed by atoms with van der Waals surface area (Å²) in [4.78, 5) is 42.4. The number of carbonyl (C=O) groups excluding carboxylic acids is 2. The second-order valence-corrected chi connectivity index (χ2v) is 9.30. The molecule has 4 rings (SSSR count). The van der Waals surface area contributed by atoms with Crippen LogP contribution in [0.25, 0.3) is 10.9 Å². The van der Waals surface area contributed by atoms with Crippen molar-refractivity contribution in [2.45, 2.75) is 31.6 Å². The van der Waals surface area contributed by atoms with Crippen molar-refractivity contribution in [1.82, 2.24) is 14.9 Å². The van der Waals surface area contributed by atoms with Crippen LogP contribution in [0, 0.1) is 5.92 Å². The fraction of sp³-hybridized carbons (Fsp3) is 0.360. The van der Waals surface area contributed by atoms with Gasteiger partial charge in [-0.05, 0) is 35.7 Å². The molecule has 1 atom stereocenters. The first-order valence-electron chi connectivity index (χ1n) is 11.3. The molecule has 0 aliphatic carbocycles. The first kappa shape index (κ1) is 24.6. The lowest BCUT2D eigenvalue weighted by Crippen LogP contribution is -2.33. The molecule has 9 nitrogen and oxygen atoms in total. The van der Waals surface area contributed by atoms with Gasteiger partial charge in [-0.25, -0.2) is 4.98 Å². The summed E-state index contributed by atoms with van der Waals surface area (Å²) in [6.07, 6.45) is 0. The summed E-state index contributed by atoms with van der Waals surface area (Å²) in [5, 5.41) is 3.74. The zero-order chi connectivity index (χ0) is 24.9. The minimum Gasteiger partial charge on any atom is -0.486 e. The number of benzene rings is 2. The number of nitrogens with one attached hydrogen (secondary N) is 1. The summed E-state index contributed by atoms with van der Waals surface area (Å²) >= 11 is 1.10. The van der Waals surface area contributed by atoms with Crippen molar-refractivity contribution in [3.8, 4) is 11.5 Å². The molecule has 1 N–H and O–H groups in total. The van der Waals surface area contributed by atoms with Gasteiger partial charge in [0.2, 0.25) is 5.91 Å². The van der Waals surface area contributed by atoms with Crippen molar-refractivity contribution >= 4 is 34.5 Å². The van der Waals surface area contributed by atoms with Crippen LogP contribution in [0.2, 0.25) is 0 Å². The highest BCUT2D eigenvalue weighted by atomic mass is 32.2. The van der Waals surface area contributed by atoms with E-state index in [4.69, 9.17) is 14.2 Å². The number of nitrogens with zero attached hydrogens (tertiary/aromatic N) is 2. The number of para-hydroxylation sites is 1. The number of hydrogen-bond acceptors (Lipinski definition) is 8. The fourth-order valence-electron chi connectivity index (χ4n) is 3.82. The molecular formula is C25H27N3O6S. The van der Waals surface area contributed by atoms with E-state index in [0.717, 1.165) is 17.3 Å². The molecule has 1 unspecified atom stereocenters. The Morgan fingerprint density at radius 1 is 1.14 bits per heavy atom. The minimum absolute atomic E-state index is 0.0136. The lowest BCUT2D eigenvalue weighted by molar-refractivity contribution is -0.141. The molecule has 0 spiro atoms. The lowest BCUT2D eigenvalue weighted by atomic mass is 9.95. The molecule has 1 aromatic heterocycles. The maximum Gasteiger partial charge on any atom is 0.325 e. The Morgan fingerprint density at radius 2 is 1.89 bits per heavy atom. The number of thioether (sulfide) groups is 1. The average Bonchev–Trinajstić information content (AvgIpc) is 2.87. The van der Waals surface area contributed by atoms with Gasteiger partial charge >= 0.3 is 5.97 Å². The third kappa shape index (κ3) is 5.59. The van der Waals surface area contributed by atoms with Crippen LogP contribution in [0.1, 0.15) is 25.5 Å². The topological polar surface area (TPSA) is 109 Å². The van der Waals surface area contributed by atoms with Crippen molar-refractivity contribution < 1.29 is 23.8 Å². The second-order valence-electron chi connectivity index (χ2n) is 8.36. The average molecular weight is 498 g/mol. The number of amides is 1. The number of methoxy groups -OCH3 is 1. The Labute approximate surface area is 206 Å². The number of hydrogen-bond donors (Lipinski definition) is 1. The van der Waals surface area contributed by atoms with E-state index in [9.17, 15) is 14.4 Å². The van der Waals surface area contributed by atoms with E-state index in [1.807, 2.05) is 32.0 Å². The van der Waals surface area contributed by atoms with E-state index in [0.29, 0.717) is 35.6 Å². The first-order chi connectivity index (χ1) is 16.9. The molecule has 1 amide bonds. The minimum atomic E-state index is -0.575. The summed E-state index contributed by atoms with van der Waals surface area (Å²) in [6.45, 7) is 4.75. The van der Waals surface area contributed by atoms with Crippen LogP contribution in [0.15, 0.2) is 52.4 Å². The van der Waals surface area contributed by atoms with E-state index in [-0.39, 0.29) is 40.9 Å². The second kappa shape index (κ2) is 10.8. The molecule has 3 aromatic rings. The van der Waals surface area contributed by atoms with Crippen LogP contribution in [-0.2, 0) is 20.9 Å². The normalized spacial score (nSPS) is 13.5. The maximum atomic E-state index is 13.0. The summed E-state index contributed by atoms with van der Waals surface area (Å²) < 4.78 is 17.3. The van der Waals surface area contributed by atoms with Gasteiger partial charge < -0.3 is 19.5 Å². The molecule has 0 saturated carbocycles. The van der Waals surface area contributed by atoms with Crippen molar-refractivity contribution in [2.24, 2.45) is 5.92 Å². The quantitative estimate of drug-likeness (QED) is 0.288. The molecular weight excluding hydrogens is 470 g/mol. The number of carbonyl (C=O) groups is 2. The number of rotatable bonds is 8. The van der Waals surface area contributed by atoms with Crippen LogP contribution in [0.4, 0.5) is 0 Å². The molecule has 1 aliphatic rings. The van der Waals surface area contributed by atoms with Gasteiger partial charge in [-0.15, -0.1) is 0 Å². The molecule has 0 saturated heterocycles. The molecule has 2 aromatic carbocycles. The van der Waals surface area contributed by atoms with E-state index in [2.05, 4.69) is 10.3 Å². The molecule has 0 fully saturated rings. The first-order valence-corrected chi connectivity index (χ1v) is 12.2. The van der Waals surface area contributed by atoms with Crippen LogP contribution in [0.5, 0.6) is 11.5 Å². The molecule has 10 heteroatoms. The van der Waals surface area contributed by atoms with Gasteiger partial charge in [0.15, 0.2) is 16.7 Å². The monoisotopic (exact) mass is 497 g/mol. The van der Waals surface area contributed by atoms with Crippen LogP contribution < -0.4 is 20.3 Å². The number of aromatic nitrogens is 2. The van der Waals surface area contributed by atoms with Gasteiger partial charge in [-0.2, -0.15) is 0 Å². The molecule has 2 heterocycles. The van der Waals surface area contributed by atoms with E-state index >= 15 is 0 Å². The van der Waals surface area contributed by atoms with Crippen molar-refractivity contribution in [3.05, 3.63) is 58.4 Å². The highest BCUT2D eigenvalue weighted by Crippen LogP contribution is 2.34. The highest BCUT2D eigenvalue weighted by molar-refractivity contribution is 7.99. The van der Waals surface area contributed by atoms with Crippen LogP contribution in [0.3, 0.4) is 0 Å². The molecule has 0 radical (unpaired) electrons. The fourth-order valence-corrected chi connectivity index (χ4v) is 4.63. The van der Waals surface area contributed by atoms with Crippen molar-refractivity contribution in [2.75, 3.05) is 26.1 Å². The summed E-state index contributed by atoms with van der Waals surface area (Å²) in [6, 6.07) is 12.3.